The minimum Gasteiger partial charge on any atom is -0.481 e. The number of ether oxygens (including phenoxy) is 1. The van der Waals surface area contributed by atoms with Crippen molar-refractivity contribution in [3.63, 3.8) is 0 Å². The largest absolute Gasteiger partial charge is 0.490 e. The van der Waals surface area contributed by atoms with Gasteiger partial charge in [-0.3, -0.25) is 10.2 Å². The van der Waals surface area contributed by atoms with Crippen molar-refractivity contribution in [2.45, 2.75) is 19.5 Å². The molecule has 0 amide bonds. The fraction of sp³-hybridized carbons (Fsp3) is 0.222. The third kappa shape index (κ3) is 7.66. The van der Waals surface area contributed by atoms with Crippen molar-refractivity contribution in [3.8, 4) is 5.75 Å². The molecule has 0 aliphatic carbocycles. The maximum atomic E-state index is 12.0. The number of carbonyl (C=O) groups excluding carboxylic acids is 1. The van der Waals surface area contributed by atoms with Crippen LogP contribution >= 0.6 is 0 Å². The number of nitrogens with two attached hydrogens (primary N) is 1. The van der Waals surface area contributed by atoms with Crippen molar-refractivity contribution in [1.82, 2.24) is 0 Å². The van der Waals surface area contributed by atoms with E-state index < -0.39 is 30.0 Å². The molecule has 162 valence electrons. The third-order valence-corrected chi connectivity index (χ3v) is 3.41. The Labute approximate surface area is 167 Å². The third-order valence-electron chi connectivity index (χ3n) is 3.41. The van der Waals surface area contributed by atoms with Gasteiger partial charge in [-0.1, -0.05) is 6.92 Å². The van der Waals surface area contributed by atoms with Crippen molar-refractivity contribution >= 4 is 23.7 Å². The molecule has 0 aliphatic heterocycles. The Morgan fingerprint density at radius 1 is 1.13 bits per heavy atom. The fourth-order valence-corrected chi connectivity index (χ4v) is 1.85. The van der Waals surface area contributed by atoms with E-state index in [-0.39, 0.29) is 23.8 Å². The van der Waals surface area contributed by atoms with E-state index in [1.807, 2.05) is 0 Å². The second kappa shape index (κ2) is 10.1. The molecule has 1 heterocycles. The molecule has 2 aromatic rings. The number of alkyl halides is 3. The van der Waals surface area contributed by atoms with Gasteiger partial charge < -0.3 is 25.1 Å². The summed E-state index contributed by atoms with van der Waals surface area (Å²) in [4.78, 5) is 31.7. The van der Waals surface area contributed by atoms with Crippen LogP contribution in [0.2, 0.25) is 0 Å². The average molecular weight is 430 g/mol. The number of nitrogen functional groups attached to an aromatic ring is 1. The molecular formula is C18H17F3N2O7. The Morgan fingerprint density at radius 2 is 1.67 bits per heavy atom. The number of rotatable bonds is 6. The summed E-state index contributed by atoms with van der Waals surface area (Å²) in [7, 11) is 0. The molecule has 0 aliphatic rings. The number of aliphatic carboxylic acids is 2. The molecule has 5 N–H and O–H groups in total. The lowest BCUT2D eigenvalue weighted by Gasteiger charge is -2.04. The Balaban J connectivity index is 0.000000553. The topological polar surface area (TPSA) is 164 Å². The van der Waals surface area contributed by atoms with E-state index in [1.54, 1.807) is 25.1 Å². The van der Waals surface area contributed by atoms with E-state index in [0.29, 0.717) is 11.3 Å². The summed E-state index contributed by atoms with van der Waals surface area (Å²) in [6, 6.07) is 9.15. The molecule has 1 unspecified atom stereocenters. The predicted octanol–water partition coefficient (Wildman–Crippen LogP) is 2.68. The summed E-state index contributed by atoms with van der Waals surface area (Å²) in [6.45, 7) is 1.55. The van der Waals surface area contributed by atoms with Crippen molar-refractivity contribution in [3.05, 3.63) is 53.5 Å². The van der Waals surface area contributed by atoms with Gasteiger partial charge in [0.25, 0.3) is 0 Å². The van der Waals surface area contributed by atoms with Gasteiger partial charge in [0, 0.05) is 12.0 Å². The Hall–Kier alpha value is -3.83. The fourth-order valence-electron chi connectivity index (χ4n) is 1.85. The number of esters is 1. The number of nitrogens with one attached hydrogen (secondary N) is 1. The SMILES string of the molecule is CC(Cc1ccc(C(=O)Oc2ccc(C(=N)N)cc2)o1)C(=O)O.O=C(O)C(F)(F)F. The summed E-state index contributed by atoms with van der Waals surface area (Å²) >= 11 is 0. The highest BCUT2D eigenvalue weighted by Gasteiger charge is 2.38. The molecule has 1 aromatic carbocycles. The minimum absolute atomic E-state index is 0.00627. The van der Waals surface area contributed by atoms with Crippen LogP contribution in [0, 0.1) is 11.3 Å². The first kappa shape index (κ1) is 24.2. The summed E-state index contributed by atoms with van der Waals surface area (Å²) in [5, 5.41) is 23.3. The van der Waals surface area contributed by atoms with E-state index in [9.17, 15) is 22.8 Å². The van der Waals surface area contributed by atoms with Gasteiger partial charge >= 0.3 is 24.1 Å². The normalized spacial score (nSPS) is 11.6. The highest BCUT2D eigenvalue weighted by atomic mass is 19.4. The van der Waals surface area contributed by atoms with Crippen LogP contribution in [0.3, 0.4) is 0 Å². The van der Waals surface area contributed by atoms with E-state index in [4.69, 9.17) is 35.3 Å². The monoisotopic (exact) mass is 430 g/mol. The molecule has 0 saturated carbocycles. The predicted molar refractivity (Wildman–Crippen MR) is 95.3 cm³/mol. The molecule has 2 rings (SSSR count). The number of furan rings is 1. The van der Waals surface area contributed by atoms with E-state index >= 15 is 0 Å². The lowest BCUT2D eigenvalue weighted by molar-refractivity contribution is -0.192. The number of carboxylic acid groups (broad SMARTS) is 2. The number of hydrogen-bond acceptors (Lipinski definition) is 6. The first-order valence-electron chi connectivity index (χ1n) is 8.09. The summed E-state index contributed by atoms with van der Waals surface area (Å²) in [6.07, 6.45) is -4.89. The quantitative estimate of drug-likeness (QED) is 0.235. The van der Waals surface area contributed by atoms with Crippen LogP contribution in [0.4, 0.5) is 13.2 Å². The van der Waals surface area contributed by atoms with Gasteiger partial charge in [-0.25, -0.2) is 9.59 Å². The number of carboxylic acids is 2. The molecule has 0 fully saturated rings. The first-order chi connectivity index (χ1) is 13.8. The highest BCUT2D eigenvalue weighted by Crippen LogP contribution is 2.17. The lowest BCUT2D eigenvalue weighted by atomic mass is 10.1. The molecule has 0 saturated heterocycles. The van der Waals surface area contributed by atoms with Crippen LogP contribution in [-0.2, 0) is 16.0 Å². The number of halogens is 3. The van der Waals surface area contributed by atoms with Crippen molar-refractivity contribution < 1.29 is 46.9 Å². The lowest BCUT2D eigenvalue weighted by Crippen LogP contribution is -2.21. The van der Waals surface area contributed by atoms with Crippen LogP contribution in [-0.4, -0.2) is 40.1 Å². The Kier molecular flexibility index (Phi) is 8.14. The highest BCUT2D eigenvalue weighted by molar-refractivity contribution is 5.95. The molecule has 1 atom stereocenters. The first-order valence-corrected chi connectivity index (χ1v) is 8.09. The molecule has 12 heteroatoms. The van der Waals surface area contributed by atoms with Gasteiger partial charge in [-0.2, -0.15) is 13.2 Å². The van der Waals surface area contributed by atoms with Gasteiger partial charge in [0.1, 0.15) is 17.3 Å². The zero-order chi connectivity index (χ0) is 23.1. The van der Waals surface area contributed by atoms with Crippen LogP contribution < -0.4 is 10.5 Å². The van der Waals surface area contributed by atoms with Gasteiger partial charge in [0.15, 0.2) is 0 Å². The second-order valence-corrected chi connectivity index (χ2v) is 5.84. The number of hydrogen-bond donors (Lipinski definition) is 4. The van der Waals surface area contributed by atoms with Gasteiger partial charge in [-0.05, 0) is 36.4 Å². The standard InChI is InChI=1S/C16H16N2O5.C2HF3O2/c1-9(15(19)20)8-12-6-7-13(22-12)16(21)23-11-4-2-10(3-5-11)14(17)18;3-2(4,5)1(6)7/h2-7,9H,8H2,1H3,(H3,17,18)(H,19,20);(H,6,7). The van der Waals surface area contributed by atoms with Crippen LogP contribution in [0.1, 0.15) is 28.8 Å². The Bertz CT molecular complexity index is 921. The van der Waals surface area contributed by atoms with Gasteiger partial charge in [0.05, 0.1) is 5.92 Å². The molecule has 9 nitrogen and oxygen atoms in total. The molecule has 30 heavy (non-hydrogen) atoms. The Morgan fingerprint density at radius 3 is 2.10 bits per heavy atom. The molecule has 0 bridgehead atoms. The van der Waals surface area contributed by atoms with E-state index in [0.717, 1.165) is 0 Å². The number of carbonyl (C=O) groups is 3. The van der Waals surface area contributed by atoms with Gasteiger partial charge in [0.2, 0.25) is 5.76 Å². The van der Waals surface area contributed by atoms with Crippen LogP contribution in [0.25, 0.3) is 0 Å². The molecular weight excluding hydrogens is 413 g/mol. The number of benzene rings is 1. The van der Waals surface area contributed by atoms with E-state index in [2.05, 4.69) is 0 Å². The van der Waals surface area contributed by atoms with Crippen molar-refractivity contribution in [2.24, 2.45) is 11.7 Å². The average Bonchev–Trinajstić information content (AvgIpc) is 3.10. The molecule has 0 spiro atoms. The summed E-state index contributed by atoms with van der Waals surface area (Å²) in [5.41, 5.74) is 5.86. The maximum absolute atomic E-state index is 12.0. The maximum Gasteiger partial charge on any atom is 0.490 e. The molecule has 1 aromatic heterocycles. The molecule has 0 radical (unpaired) electrons. The van der Waals surface area contributed by atoms with Crippen molar-refractivity contribution in [1.29, 1.82) is 5.41 Å². The van der Waals surface area contributed by atoms with Gasteiger partial charge in [-0.15, -0.1) is 0 Å². The smallest absolute Gasteiger partial charge is 0.481 e. The summed E-state index contributed by atoms with van der Waals surface area (Å²) < 4.78 is 42.2. The summed E-state index contributed by atoms with van der Waals surface area (Å²) in [5.74, 6) is -4.38. The zero-order valence-corrected chi connectivity index (χ0v) is 15.4. The second-order valence-electron chi connectivity index (χ2n) is 5.84. The van der Waals surface area contributed by atoms with Crippen LogP contribution in [0.5, 0.6) is 5.75 Å². The van der Waals surface area contributed by atoms with E-state index in [1.165, 1.54) is 18.2 Å². The number of amidine groups is 1. The van der Waals surface area contributed by atoms with Crippen LogP contribution in [0.15, 0.2) is 40.8 Å². The minimum atomic E-state index is -5.08. The van der Waals surface area contributed by atoms with Crippen molar-refractivity contribution in [2.75, 3.05) is 0 Å². The zero-order valence-electron chi connectivity index (χ0n) is 15.4.